The predicted molar refractivity (Wildman–Crippen MR) is 37.1 cm³/mol. The summed E-state index contributed by atoms with van der Waals surface area (Å²) >= 11 is 0. The highest BCUT2D eigenvalue weighted by Gasteiger charge is 1.97. The molecular formula is C7H16F2. The van der Waals surface area contributed by atoms with E-state index < -0.39 is 6.17 Å². The first-order chi connectivity index (χ1) is 4.31. The van der Waals surface area contributed by atoms with Crippen molar-refractivity contribution >= 4 is 0 Å². The fourth-order valence-electron chi connectivity index (χ4n) is 0.517. The second-order valence-electron chi connectivity index (χ2n) is 1.79. The highest BCUT2D eigenvalue weighted by molar-refractivity contribution is 4.48. The molecule has 0 nitrogen and oxygen atoms in total. The van der Waals surface area contributed by atoms with Crippen LogP contribution in [-0.4, -0.2) is 13.3 Å². The van der Waals surface area contributed by atoms with Gasteiger partial charge in [-0.05, 0) is 12.8 Å². The molecule has 0 N–H and O–H groups in total. The average molecular weight is 138 g/mol. The molecule has 0 amide bonds. The van der Waals surface area contributed by atoms with Crippen LogP contribution in [0.25, 0.3) is 0 Å². The average Bonchev–Trinajstić information content (AvgIpc) is 1.93. The van der Waals surface area contributed by atoms with Crippen molar-refractivity contribution in [3.8, 4) is 0 Å². The monoisotopic (exact) mass is 138 g/mol. The van der Waals surface area contributed by atoms with Crippen LogP contribution in [0.1, 0.15) is 33.1 Å². The lowest BCUT2D eigenvalue weighted by Gasteiger charge is -1.98. The van der Waals surface area contributed by atoms with Crippen molar-refractivity contribution in [2.75, 3.05) is 7.18 Å². The zero-order valence-electron chi connectivity index (χ0n) is 6.45. The van der Waals surface area contributed by atoms with E-state index in [-0.39, 0.29) is 0 Å². The summed E-state index contributed by atoms with van der Waals surface area (Å²) in [7, 11) is 0.500. The largest absolute Gasteiger partial charge is 0.255 e. The van der Waals surface area contributed by atoms with Crippen molar-refractivity contribution in [2.45, 2.75) is 39.3 Å². The molecule has 2 heteroatoms. The molecule has 1 unspecified atom stereocenters. The molecule has 1 atom stereocenters. The molecule has 0 saturated carbocycles. The van der Waals surface area contributed by atoms with Crippen LogP contribution in [0.2, 0.25) is 0 Å². The van der Waals surface area contributed by atoms with Gasteiger partial charge in [0.05, 0.1) is 13.3 Å². The Morgan fingerprint density at radius 1 is 1.22 bits per heavy atom. The van der Waals surface area contributed by atoms with E-state index in [0.717, 1.165) is 12.8 Å². The molecule has 0 spiro atoms. The second-order valence-corrected chi connectivity index (χ2v) is 1.79. The highest BCUT2D eigenvalue weighted by atomic mass is 19.1. The minimum atomic E-state index is -0.551. The van der Waals surface area contributed by atoms with E-state index >= 15 is 0 Å². The van der Waals surface area contributed by atoms with E-state index in [1.165, 1.54) is 0 Å². The molecule has 0 heterocycles. The van der Waals surface area contributed by atoms with Gasteiger partial charge in [0.25, 0.3) is 0 Å². The summed E-state index contributed by atoms with van der Waals surface area (Å²) in [5.74, 6) is 0. The summed E-state index contributed by atoms with van der Waals surface area (Å²) in [5.41, 5.74) is 0. The van der Waals surface area contributed by atoms with Crippen molar-refractivity contribution in [2.24, 2.45) is 0 Å². The summed E-state index contributed by atoms with van der Waals surface area (Å²) in [6.07, 6.45) is 1.82. The summed E-state index contributed by atoms with van der Waals surface area (Å²) in [6, 6.07) is 0. The Morgan fingerprint density at radius 3 is 1.78 bits per heavy atom. The molecule has 0 saturated heterocycles. The van der Waals surface area contributed by atoms with E-state index in [0.29, 0.717) is 13.6 Å². The first-order valence-electron chi connectivity index (χ1n) is 3.33. The normalized spacial score (nSPS) is 11.7. The molecule has 0 aliphatic rings. The molecular weight excluding hydrogens is 122 g/mol. The standard InChI is InChI=1S/C6H13F.CH3F/c1-3-5-6(7)4-2;1-2/h6H,3-5H2,1-2H3;1H3. The summed E-state index contributed by atoms with van der Waals surface area (Å²) in [4.78, 5) is 0. The molecule has 9 heavy (non-hydrogen) atoms. The van der Waals surface area contributed by atoms with Gasteiger partial charge in [-0.3, -0.25) is 4.39 Å². The molecule has 0 rings (SSSR count). The molecule has 0 radical (unpaired) electrons. The maximum absolute atomic E-state index is 12.1. The van der Waals surface area contributed by atoms with Crippen molar-refractivity contribution in [1.29, 1.82) is 0 Å². The van der Waals surface area contributed by atoms with Gasteiger partial charge in [-0.15, -0.1) is 0 Å². The predicted octanol–water partition coefficient (Wildman–Crippen LogP) is 3.12. The molecule has 0 bridgehead atoms. The van der Waals surface area contributed by atoms with E-state index in [1.54, 1.807) is 0 Å². The van der Waals surface area contributed by atoms with Crippen molar-refractivity contribution in [1.82, 2.24) is 0 Å². The zero-order chi connectivity index (χ0) is 7.70. The second kappa shape index (κ2) is 10.8. The molecule has 0 aromatic carbocycles. The van der Waals surface area contributed by atoms with Gasteiger partial charge in [0.15, 0.2) is 0 Å². The summed E-state index contributed by atoms with van der Waals surface area (Å²) in [5, 5.41) is 0. The minimum absolute atomic E-state index is 0.500. The Bertz CT molecular complexity index is 37.9. The molecule has 0 aromatic heterocycles. The lowest BCUT2D eigenvalue weighted by Crippen LogP contribution is -1.94. The molecule has 0 fully saturated rings. The third-order valence-corrected chi connectivity index (χ3v) is 1.04. The van der Waals surface area contributed by atoms with Crippen LogP contribution < -0.4 is 0 Å². The lowest BCUT2D eigenvalue weighted by atomic mass is 10.2. The molecule has 0 aromatic rings. The lowest BCUT2D eigenvalue weighted by molar-refractivity contribution is 0.303. The van der Waals surface area contributed by atoms with Crippen LogP contribution in [0.15, 0.2) is 0 Å². The molecule has 0 aliphatic carbocycles. The van der Waals surface area contributed by atoms with Gasteiger partial charge in [0.1, 0.15) is 0 Å². The first-order valence-corrected chi connectivity index (χ1v) is 3.33. The zero-order valence-corrected chi connectivity index (χ0v) is 6.45. The van der Waals surface area contributed by atoms with Crippen LogP contribution in [0.3, 0.4) is 0 Å². The molecule has 0 aliphatic heterocycles. The Morgan fingerprint density at radius 2 is 1.67 bits per heavy atom. The van der Waals surface area contributed by atoms with Crippen molar-refractivity contribution < 1.29 is 8.78 Å². The van der Waals surface area contributed by atoms with Crippen LogP contribution >= 0.6 is 0 Å². The SMILES string of the molecule is CCCC(F)CC.CF. The van der Waals surface area contributed by atoms with Crippen LogP contribution in [-0.2, 0) is 0 Å². The fourth-order valence-corrected chi connectivity index (χ4v) is 0.517. The van der Waals surface area contributed by atoms with Gasteiger partial charge in [0, 0.05) is 0 Å². The maximum Gasteiger partial charge on any atom is 0.0998 e. The van der Waals surface area contributed by atoms with Crippen LogP contribution in [0, 0.1) is 0 Å². The van der Waals surface area contributed by atoms with Gasteiger partial charge in [-0.25, -0.2) is 4.39 Å². The maximum atomic E-state index is 12.1. The Kier molecular flexibility index (Phi) is 13.9. The fraction of sp³-hybridized carbons (Fsp3) is 1.00. The van der Waals surface area contributed by atoms with Crippen LogP contribution in [0.5, 0.6) is 0 Å². The Hall–Kier alpha value is -0.140. The van der Waals surface area contributed by atoms with E-state index in [9.17, 15) is 8.78 Å². The Balaban J connectivity index is 0. The van der Waals surface area contributed by atoms with E-state index in [1.807, 2.05) is 13.8 Å². The Labute approximate surface area is 56.3 Å². The quantitative estimate of drug-likeness (QED) is 0.562. The molecule has 58 valence electrons. The van der Waals surface area contributed by atoms with Crippen LogP contribution in [0.4, 0.5) is 8.78 Å². The van der Waals surface area contributed by atoms with Gasteiger partial charge < -0.3 is 0 Å². The van der Waals surface area contributed by atoms with E-state index in [2.05, 4.69) is 0 Å². The summed E-state index contributed by atoms with van der Waals surface area (Å²) < 4.78 is 21.6. The van der Waals surface area contributed by atoms with Gasteiger partial charge in [0.2, 0.25) is 0 Å². The van der Waals surface area contributed by atoms with Crippen molar-refractivity contribution in [3.05, 3.63) is 0 Å². The van der Waals surface area contributed by atoms with Gasteiger partial charge in [-0.1, -0.05) is 20.3 Å². The minimum Gasteiger partial charge on any atom is -0.255 e. The third kappa shape index (κ3) is 11.4. The number of alkyl halides is 2. The smallest absolute Gasteiger partial charge is 0.0998 e. The topological polar surface area (TPSA) is 0 Å². The summed E-state index contributed by atoms with van der Waals surface area (Å²) in [6.45, 7) is 3.88. The van der Waals surface area contributed by atoms with Gasteiger partial charge >= 0.3 is 0 Å². The number of hydrogen-bond donors (Lipinski definition) is 0. The highest BCUT2D eigenvalue weighted by Crippen LogP contribution is 2.03. The van der Waals surface area contributed by atoms with E-state index in [4.69, 9.17) is 0 Å². The third-order valence-electron chi connectivity index (χ3n) is 1.04. The van der Waals surface area contributed by atoms with Gasteiger partial charge in [-0.2, -0.15) is 0 Å². The van der Waals surface area contributed by atoms with Crippen molar-refractivity contribution in [3.63, 3.8) is 0 Å². The number of halogens is 2. The number of hydrogen-bond acceptors (Lipinski definition) is 0. The first kappa shape index (κ1) is 11.6. The number of rotatable bonds is 3.